The van der Waals surface area contributed by atoms with E-state index in [2.05, 4.69) is 10.0 Å². The Kier molecular flexibility index (Phi) is 8.13. The number of methoxy groups -OCH3 is 1. The zero-order valence-corrected chi connectivity index (χ0v) is 19.0. The summed E-state index contributed by atoms with van der Waals surface area (Å²) < 4.78 is 34.2. The molecule has 2 N–H and O–H groups in total. The summed E-state index contributed by atoms with van der Waals surface area (Å²) in [6.07, 6.45) is 2.52. The monoisotopic (exact) mass is 436 g/mol. The number of anilines is 1. The van der Waals surface area contributed by atoms with Crippen LogP contribution in [-0.4, -0.2) is 27.7 Å². The Morgan fingerprint density at radius 2 is 1.79 bits per heavy atom. The average molecular weight is 437 g/mol. The van der Waals surface area contributed by atoms with Gasteiger partial charge in [-0.05, 0) is 54.5 Å². The van der Waals surface area contributed by atoms with Crippen molar-refractivity contribution >= 4 is 33.4 Å². The molecule has 2 rings (SSSR count). The number of carbonyl (C=O) groups excluding carboxylic acids is 1. The van der Waals surface area contributed by atoms with Gasteiger partial charge in [-0.3, -0.25) is 4.79 Å². The average Bonchev–Trinajstić information content (AvgIpc) is 2.66. The van der Waals surface area contributed by atoms with Crippen molar-refractivity contribution in [3.05, 3.63) is 48.0 Å². The second-order valence-electron chi connectivity index (χ2n) is 7.12. The third-order valence-electron chi connectivity index (χ3n) is 4.31. The summed E-state index contributed by atoms with van der Waals surface area (Å²) in [6.45, 7) is 5.49. The first-order valence-electron chi connectivity index (χ1n) is 9.28. The van der Waals surface area contributed by atoms with E-state index in [0.29, 0.717) is 23.8 Å². The molecule has 0 aliphatic heterocycles. The number of amides is 1. The lowest BCUT2D eigenvalue weighted by molar-refractivity contribution is -0.114. The summed E-state index contributed by atoms with van der Waals surface area (Å²) in [7, 11) is -2.20. The van der Waals surface area contributed by atoms with E-state index in [0.717, 1.165) is 10.5 Å². The maximum atomic E-state index is 13.1. The topological polar surface area (TPSA) is 84.5 Å². The highest BCUT2D eigenvalue weighted by atomic mass is 32.2. The van der Waals surface area contributed by atoms with Crippen molar-refractivity contribution in [2.75, 3.05) is 18.7 Å². The van der Waals surface area contributed by atoms with Crippen LogP contribution in [0.2, 0.25) is 0 Å². The summed E-state index contributed by atoms with van der Waals surface area (Å²) in [4.78, 5) is 12.4. The van der Waals surface area contributed by atoms with Gasteiger partial charge >= 0.3 is 0 Å². The molecule has 0 radical (unpaired) electrons. The summed E-state index contributed by atoms with van der Waals surface area (Å²) in [5.74, 6) is 0.754. The molecule has 1 amide bonds. The molecule has 1 unspecified atom stereocenters. The van der Waals surface area contributed by atoms with Crippen molar-refractivity contribution in [1.82, 2.24) is 4.72 Å². The predicted octanol–water partition coefficient (Wildman–Crippen LogP) is 4.44. The number of benzene rings is 2. The van der Waals surface area contributed by atoms with Crippen LogP contribution >= 0.6 is 11.8 Å². The lowest BCUT2D eigenvalue weighted by atomic mass is 9.98. The fourth-order valence-electron chi connectivity index (χ4n) is 2.96. The minimum absolute atomic E-state index is 0.112. The molecule has 1 atom stereocenters. The molecule has 0 saturated carbocycles. The molecular formula is C21H28N2O4S2. The molecule has 0 spiro atoms. The van der Waals surface area contributed by atoms with Crippen molar-refractivity contribution in [3.63, 3.8) is 0 Å². The van der Waals surface area contributed by atoms with E-state index in [4.69, 9.17) is 4.74 Å². The van der Waals surface area contributed by atoms with Gasteiger partial charge in [-0.1, -0.05) is 26.0 Å². The lowest BCUT2D eigenvalue weighted by Gasteiger charge is -2.22. The van der Waals surface area contributed by atoms with E-state index in [1.165, 1.54) is 24.8 Å². The molecule has 8 heteroatoms. The second-order valence-corrected chi connectivity index (χ2v) is 9.68. The van der Waals surface area contributed by atoms with E-state index in [9.17, 15) is 13.2 Å². The van der Waals surface area contributed by atoms with Gasteiger partial charge in [0.2, 0.25) is 15.9 Å². The zero-order chi connectivity index (χ0) is 21.6. The molecular weight excluding hydrogens is 408 g/mol. The minimum atomic E-state index is -3.79. The number of ether oxygens (including phenoxy) is 1. The highest BCUT2D eigenvalue weighted by Gasteiger charge is 2.23. The first kappa shape index (κ1) is 23.3. The van der Waals surface area contributed by atoms with Crippen molar-refractivity contribution in [1.29, 1.82) is 0 Å². The number of nitrogens with one attached hydrogen (secondary N) is 2. The van der Waals surface area contributed by atoms with Crippen LogP contribution in [0.3, 0.4) is 0 Å². The molecule has 0 fully saturated rings. The third-order valence-corrected chi connectivity index (χ3v) is 6.58. The van der Waals surface area contributed by atoms with Gasteiger partial charge in [-0.25, -0.2) is 13.1 Å². The minimum Gasteiger partial charge on any atom is -0.497 e. The van der Waals surface area contributed by atoms with Crippen LogP contribution in [0.15, 0.2) is 52.3 Å². The lowest BCUT2D eigenvalue weighted by Crippen LogP contribution is -2.29. The fourth-order valence-corrected chi connectivity index (χ4v) is 4.75. The largest absolute Gasteiger partial charge is 0.497 e. The molecule has 0 saturated heterocycles. The van der Waals surface area contributed by atoms with E-state index in [1.807, 2.05) is 44.4 Å². The second kappa shape index (κ2) is 10.1. The molecule has 2 aromatic rings. The third kappa shape index (κ3) is 6.48. The van der Waals surface area contributed by atoms with Crippen molar-refractivity contribution < 1.29 is 17.9 Å². The number of sulfonamides is 1. The van der Waals surface area contributed by atoms with Gasteiger partial charge in [0.25, 0.3) is 0 Å². The molecule has 158 valence electrons. The van der Waals surface area contributed by atoms with E-state index < -0.39 is 10.0 Å². The number of hydrogen-bond acceptors (Lipinski definition) is 5. The van der Waals surface area contributed by atoms with Crippen molar-refractivity contribution in [2.45, 2.75) is 43.0 Å². The highest BCUT2D eigenvalue weighted by molar-refractivity contribution is 7.98. The Hall–Kier alpha value is -2.03. The smallest absolute Gasteiger partial charge is 0.241 e. The number of carbonyl (C=O) groups is 1. The summed E-state index contributed by atoms with van der Waals surface area (Å²) >= 11 is 1.44. The van der Waals surface area contributed by atoms with Crippen LogP contribution in [0, 0.1) is 5.92 Å². The Labute approximate surface area is 177 Å². The quantitative estimate of drug-likeness (QED) is 0.568. The fraction of sp³-hybridized carbons (Fsp3) is 0.381. The van der Waals surface area contributed by atoms with Gasteiger partial charge in [-0.15, -0.1) is 11.8 Å². The Morgan fingerprint density at radius 1 is 1.14 bits per heavy atom. The molecule has 6 nitrogen and oxygen atoms in total. The van der Waals surface area contributed by atoms with Gasteiger partial charge in [-0.2, -0.15) is 0 Å². The van der Waals surface area contributed by atoms with Gasteiger partial charge < -0.3 is 10.1 Å². The molecule has 0 heterocycles. The van der Waals surface area contributed by atoms with Gasteiger partial charge in [0.05, 0.1) is 17.7 Å². The molecule has 2 aromatic carbocycles. The van der Waals surface area contributed by atoms with Crippen LogP contribution in [0.4, 0.5) is 5.69 Å². The maximum Gasteiger partial charge on any atom is 0.241 e. The Bertz CT molecular complexity index is 942. The van der Waals surface area contributed by atoms with E-state index >= 15 is 0 Å². The van der Waals surface area contributed by atoms with Gasteiger partial charge in [0.15, 0.2) is 0 Å². The predicted molar refractivity (Wildman–Crippen MR) is 118 cm³/mol. The SMILES string of the molecule is COc1ccc(C(CC(C)C)NS(=O)(=O)c2ccc(SC)c(NC(C)=O)c2)cc1. The summed E-state index contributed by atoms with van der Waals surface area (Å²) in [6, 6.07) is 11.8. The maximum absolute atomic E-state index is 13.1. The molecule has 0 bridgehead atoms. The number of thioether (sulfide) groups is 1. The first-order chi connectivity index (χ1) is 13.7. The summed E-state index contributed by atoms with van der Waals surface area (Å²) in [5, 5.41) is 2.70. The number of rotatable bonds is 9. The Morgan fingerprint density at radius 3 is 2.31 bits per heavy atom. The highest BCUT2D eigenvalue weighted by Crippen LogP contribution is 2.30. The Balaban J connectivity index is 2.37. The van der Waals surface area contributed by atoms with Gasteiger partial charge in [0.1, 0.15) is 5.75 Å². The van der Waals surface area contributed by atoms with E-state index in [1.54, 1.807) is 19.2 Å². The van der Waals surface area contributed by atoms with Crippen molar-refractivity contribution in [3.8, 4) is 5.75 Å². The molecule has 0 aromatic heterocycles. The van der Waals surface area contributed by atoms with Crippen LogP contribution in [0.5, 0.6) is 5.75 Å². The first-order valence-corrected chi connectivity index (χ1v) is 12.0. The zero-order valence-electron chi connectivity index (χ0n) is 17.4. The van der Waals surface area contributed by atoms with E-state index in [-0.39, 0.29) is 16.8 Å². The van der Waals surface area contributed by atoms with Gasteiger partial charge in [0, 0.05) is 17.9 Å². The normalized spacial score (nSPS) is 12.6. The molecule has 29 heavy (non-hydrogen) atoms. The summed E-state index contributed by atoms with van der Waals surface area (Å²) in [5.41, 5.74) is 1.35. The van der Waals surface area contributed by atoms with Crippen LogP contribution < -0.4 is 14.8 Å². The molecule has 0 aliphatic carbocycles. The standard InChI is InChI=1S/C21H28N2O4S2/c1-14(2)12-19(16-6-8-17(27-4)9-7-16)23-29(25,26)18-10-11-21(28-5)20(13-18)22-15(3)24/h6-11,13-14,19,23H,12H2,1-5H3,(H,22,24). The van der Waals surface area contributed by atoms with Crippen LogP contribution in [0.1, 0.15) is 38.8 Å². The molecule has 0 aliphatic rings. The number of hydrogen-bond donors (Lipinski definition) is 2. The van der Waals surface area contributed by atoms with Crippen molar-refractivity contribution in [2.24, 2.45) is 5.92 Å². The van der Waals surface area contributed by atoms with Crippen LogP contribution in [-0.2, 0) is 14.8 Å². The van der Waals surface area contributed by atoms with Crippen LogP contribution in [0.25, 0.3) is 0 Å².